The largest absolute Gasteiger partial charge is 0.386 e. The SMILES string of the molecule is CCc1nn(C)c(CNCC2(O)CCOC2C)c1Cl. The molecule has 5 nitrogen and oxygen atoms in total. The number of hydrogen-bond donors (Lipinski definition) is 2. The molecule has 0 amide bonds. The van der Waals surface area contributed by atoms with E-state index in [1.165, 1.54) is 0 Å². The zero-order valence-corrected chi connectivity index (χ0v) is 12.5. The van der Waals surface area contributed by atoms with Crippen molar-refractivity contribution in [1.82, 2.24) is 15.1 Å². The maximum atomic E-state index is 10.4. The molecule has 0 bridgehead atoms. The summed E-state index contributed by atoms with van der Waals surface area (Å²) in [6, 6.07) is 0. The topological polar surface area (TPSA) is 59.3 Å². The summed E-state index contributed by atoms with van der Waals surface area (Å²) < 4.78 is 7.20. The number of hydrogen-bond acceptors (Lipinski definition) is 4. The number of rotatable bonds is 5. The van der Waals surface area contributed by atoms with Gasteiger partial charge in [-0.25, -0.2) is 0 Å². The van der Waals surface area contributed by atoms with Crippen molar-refractivity contribution in [1.29, 1.82) is 0 Å². The van der Waals surface area contributed by atoms with Crippen LogP contribution in [0.3, 0.4) is 0 Å². The minimum atomic E-state index is -0.779. The van der Waals surface area contributed by atoms with Gasteiger partial charge in [0.15, 0.2) is 0 Å². The highest BCUT2D eigenvalue weighted by Gasteiger charge is 2.39. The Morgan fingerprint density at radius 3 is 2.89 bits per heavy atom. The van der Waals surface area contributed by atoms with Crippen LogP contribution in [0.4, 0.5) is 0 Å². The average Bonchev–Trinajstić information content (AvgIpc) is 2.84. The van der Waals surface area contributed by atoms with Gasteiger partial charge in [0.25, 0.3) is 0 Å². The Balaban J connectivity index is 1.94. The van der Waals surface area contributed by atoms with Gasteiger partial charge in [-0.15, -0.1) is 0 Å². The molecule has 6 heteroatoms. The van der Waals surface area contributed by atoms with Crippen LogP contribution in [0.5, 0.6) is 0 Å². The van der Waals surface area contributed by atoms with Crippen molar-refractivity contribution in [3.8, 4) is 0 Å². The maximum absolute atomic E-state index is 10.4. The molecule has 0 aromatic carbocycles. The molecule has 0 spiro atoms. The fourth-order valence-corrected chi connectivity index (χ4v) is 2.77. The van der Waals surface area contributed by atoms with E-state index in [1.807, 2.05) is 20.9 Å². The molecule has 1 aliphatic heterocycles. The third kappa shape index (κ3) is 2.94. The lowest BCUT2D eigenvalue weighted by molar-refractivity contribution is -0.0263. The summed E-state index contributed by atoms with van der Waals surface area (Å²) in [6.07, 6.45) is 1.36. The van der Waals surface area contributed by atoms with Gasteiger partial charge in [-0.2, -0.15) is 5.10 Å². The number of aliphatic hydroxyl groups is 1. The lowest BCUT2D eigenvalue weighted by atomic mass is 9.97. The number of ether oxygens (including phenoxy) is 1. The van der Waals surface area contributed by atoms with Crippen molar-refractivity contribution in [2.24, 2.45) is 7.05 Å². The number of halogens is 1. The smallest absolute Gasteiger partial charge is 0.105 e. The molecule has 0 aliphatic carbocycles. The van der Waals surface area contributed by atoms with Crippen molar-refractivity contribution >= 4 is 11.6 Å². The predicted octanol–water partition coefficient (Wildman–Crippen LogP) is 1.27. The highest BCUT2D eigenvalue weighted by molar-refractivity contribution is 6.31. The summed E-state index contributed by atoms with van der Waals surface area (Å²) in [5.74, 6) is 0. The van der Waals surface area contributed by atoms with Gasteiger partial charge in [0.2, 0.25) is 0 Å². The van der Waals surface area contributed by atoms with Crippen molar-refractivity contribution < 1.29 is 9.84 Å². The highest BCUT2D eigenvalue weighted by Crippen LogP contribution is 2.25. The summed E-state index contributed by atoms with van der Waals surface area (Å²) in [5, 5.41) is 18.7. The zero-order valence-electron chi connectivity index (χ0n) is 11.7. The minimum Gasteiger partial charge on any atom is -0.386 e. The molecule has 2 rings (SSSR count). The van der Waals surface area contributed by atoms with Crippen molar-refractivity contribution in [3.05, 3.63) is 16.4 Å². The van der Waals surface area contributed by atoms with Crippen LogP contribution in [0.2, 0.25) is 5.02 Å². The van der Waals surface area contributed by atoms with Crippen LogP contribution in [0.25, 0.3) is 0 Å². The number of nitrogens with zero attached hydrogens (tertiary/aromatic N) is 2. The second-order valence-electron chi connectivity index (χ2n) is 5.15. The Bertz CT molecular complexity index is 449. The van der Waals surface area contributed by atoms with E-state index in [1.54, 1.807) is 4.68 Å². The van der Waals surface area contributed by atoms with E-state index in [2.05, 4.69) is 10.4 Å². The molecule has 19 heavy (non-hydrogen) atoms. The summed E-state index contributed by atoms with van der Waals surface area (Å²) in [7, 11) is 1.89. The Hall–Kier alpha value is -0.620. The average molecular weight is 288 g/mol. The van der Waals surface area contributed by atoms with Crippen LogP contribution in [0.1, 0.15) is 31.7 Å². The molecule has 2 N–H and O–H groups in total. The molecule has 1 aromatic rings. The van der Waals surface area contributed by atoms with Gasteiger partial charge < -0.3 is 15.2 Å². The molecular formula is C13H22ClN3O2. The van der Waals surface area contributed by atoms with Crippen molar-refractivity contribution in [3.63, 3.8) is 0 Å². The molecule has 0 radical (unpaired) electrons. The van der Waals surface area contributed by atoms with Gasteiger partial charge in [-0.1, -0.05) is 18.5 Å². The van der Waals surface area contributed by atoms with Gasteiger partial charge in [0, 0.05) is 33.2 Å². The molecule has 1 fully saturated rings. The van der Waals surface area contributed by atoms with Crippen molar-refractivity contribution in [2.75, 3.05) is 13.2 Å². The third-order valence-electron chi connectivity index (χ3n) is 3.89. The van der Waals surface area contributed by atoms with Crippen LogP contribution in [-0.2, 0) is 24.8 Å². The molecule has 0 saturated carbocycles. The molecule has 2 heterocycles. The first-order chi connectivity index (χ1) is 8.98. The Morgan fingerprint density at radius 1 is 1.63 bits per heavy atom. The predicted molar refractivity (Wildman–Crippen MR) is 74.3 cm³/mol. The normalized spacial score (nSPS) is 27.1. The van der Waals surface area contributed by atoms with E-state index in [-0.39, 0.29) is 6.10 Å². The first kappa shape index (κ1) is 14.8. The second kappa shape index (κ2) is 5.79. The summed E-state index contributed by atoms with van der Waals surface area (Å²) in [6.45, 7) is 5.65. The summed E-state index contributed by atoms with van der Waals surface area (Å²) in [4.78, 5) is 0. The lowest BCUT2D eigenvalue weighted by Crippen LogP contribution is -2.45. The molecular weight excluding hydrogens is 266 g/mol. The van der Waals surface area contributed by atoms with Crippen molar-refractivity contribution in [2.45, 2.75) is 44.9 Å². The molecule has 2 unspecified atom stereocenters. The van der Waals surface area contributed by atoms with E-state index in [0.29, 0.717) is 26.1 Å². The summed E-state index contributed by atoms with van der Waals surface area (Å²) in [5.41, 5.74) is 1.09. The number of aromatic nitrogens is 2. The lowest BCUT2D eigenvalue weighted by Gasteiger charge is -2.26. The van der Waals surface area contributed by atoms with Gasteiger partial charge in [0.1, 0.15) is 5.60 Å². The van der Waals surface area contributed by atoms with Gasteiger partial charge >= 0.3 is 0 Å². The van der Waals surface area contributed by atoms with E-state index >= 15 is 0 Å². The monoisotopic (exact) mass is 287 g/mol. The van der Waals surface area contributed by atoms with Crippen LogP contribution < -0.4 is 5.32 Å². The molecule has 1 aliphatic rings. The molecule has 2 atom stereocenters. The number of nitrogens with one attached hydrogen (secondary N) is 1. The molecule has 1 saturated heterocycles. The highest BCUT2D eigenvalue weighted by atomic mass is 35.5. The minimum absolute atomic E-state index is 0.131. The van der Waals surface area contributed by atoms with Crippen LogP contribution in [0.15, 0.2) is 0 Å². The van der Waals surface area contributed by atoms with Gasteiger partial charge in [-0.3, -0.25) is 4.68 Å². The van der Waals surface area contributed by atoms with Crippen LogP contribution in [-0.4, -0.2) is 39.7 Å². The fourth-order valence-electron chi connectivity index (χ4n) is 2.41. The quantitative estimate of drug-likeness (QED) is 0.856. The first-order valence-electron chi connectivity index (χ1n) is 6.73. The van der Waals surface area contributed by atoms with Crippen LogP contribution >= 0.6 is 11.6 Å². The second-order valence-corrected chi connectivity index (χ2v) is 5.53. The maximum Gasteiger partial charge on any atom is 0.105 e. The van der Waals surface area contributed by atoms with Gasteiger partial charge in [-0.05, 0) is 13.3 Å². The Kier molecular flexibility index (Phi) is 4.50. The van der Waals surface area contributed by atoms with E-state index in [4.69, 9.17) is 16.3 Å². The number of aryl methyl sites for hydroxylation is 2. The van der Waals surface area contributed by atoms with E-state index in [9.17, 15) is 5.11 Å². The van der Waals surface area contributed by atoms with Crippen LogP contribution in [0, 0.1) is 0 Å². The molecule has 108 valence electrons. The Labute approximate surface area is 118 Å². The Morgan fingerprint density at radius 2 is 2.37 bits per heavy atom. The fraction of sp³-hybridized carbons (Fsp3) is 0.769. The zero-order chi connectivity index (χ0) is 14.0. The van der Waals surface area contributed by atoms with E-state index in [0.717, 1.165) is 22.8 Å². The molecule has 1 aromatic heterocycles. The van der Waals surface area contributed by atoms with Gasteiger partial charge in [0.05, 0.1) is 22.5 Å². The standard InChI is InChI=1S/C13H22ClN3O2/c1-4-10-12(14)11(17(3)16-10)7-15-8-13(18)5-6-19-9(13)2/h9,15,18H,4-8H2,1-3H3. The third-order valence-corrected chi connectivity index (χ3v) is 4.32. The first-order valence-corrected chi connectivity index (χ1v) is 7.10. The van der Waals surface area contributed by atoms with E-state index < -0.39 is 5.60 Å². The summed E-state index contributed by atoms with van der Waals surface area (Å²) >= 11 is 6.28.